The van der Waals surface area contributed by atoms with Crippen LogP contribution in [0.4, 0.5) is 10.1 Å². The summed E-state index contributed by atoms with van der Waals surface area (Å²) >= 11 is 0. The second-order valence-electron chi connectivity index (χ2n) is 3.41. The number of aromatic nitrogens is 2. The molecule has 4 nitrogen and oxygen atoms in total. The molecule has 0 saturated carbocycles. The SMILES string of the molecule is Nc1cnn(Cc2ccc(F)cc2)c(=O)c1. The molecule has 1 heterocycles. The van der Waals surface area contributed by atoms with Gasteiger partial charge in [0, 0.05) is 6.07 Å². The summed E-state index contributed by atoms with van der Waals surface area (Å²) in [5.41, 5.74) is 6.28. The smallest absolute Gasteiger partial charge is 0.269 e. The molecule has 0 atom stereocenters. The number of anilines is 1. The molecule has 0 unspecified atom stereocenters. The fourth-order valence-corrected chi connectivity index (χ4v) is 1.33. The summed E-state index contributed by atoms with van der Waals surface area (Å²) in [5, 5.41) is 3.88. The molecule has 0 aliphatic carbocycles. The topological polar surface area (TPSA) is 60.9 Å². The Kier molecular flexibility index (Phi) is 2.68. The van der Waals surface area contributed by atoms with Crippen molar-refractivity contribution in [1.29, 1.82) is 0 Å². The van der Waals surface area contributed by atoms with Gasteiger partial charge in [-0.05, 0) is 17.7 Å². The molecule has 0 amide bonds. The first-order valence-electron chi connectivity index (χ1n) is 4.72. The van der Waals surface area contributed by atoms with E-state index in [1.807, 2.05) is 0 Å². The summed E-state index contributed by atoms with van der Waals surface area (Å²) in [5.74, 6) is -0.304. The number of rotatable bonds is 2. The Balaban J connectivity index is 2.27. The average Bonchev–Trinajstić information content (AvgIpc) is 2.25. The third-order valence-electron chi connectivity index (χ3n) is 2.14. The molecule has 0 saturated heterocycles. The molecule has 0 fully saturated rings. The minimum atomic E-state index is -0.304. The predicted molar refractivity (Wildman–Crippen MR) is 58.4 cm³/mol. The quantitative estimate of drug-likeness (QED) is 0.820. The van der Waals surface area contributed by atoms with E-state index in [-0.39, 0.29) is 11.4 Å². The first-order valence-corrected chi connectivity index (χ1v) is 4.72. The van der Waals surface area contributed by atoms with Crippen LogP contribution in [0.3, 0.4) is 0 Å². The van der Waals surface area contributed by atoms with Gasteiger partial charge in [0.05, 0.1) is 18.4 Å². The second kappa shape index (κ2) is 4.14. The maximum atomic E-state index is 12.7. The highest BCUT2D eigenvalue weighted by Gasteiger charge is 2.00. The Labute approximate surface area is 91.1 Å². The zero-order valence-corrected chi connectivity index (χ0v) is 8.43. The van der Waals surface area contributed by atoms with Gasteiger partial charge in [0.1, 0.15) is 5.82 Å². The van der Waals surface area contributed by atoms with Crippen LogP contribution >= 0.6 is 0 Å². The lowest BCUT2D eigenvalue weighted by Gasteiger charge is -2.04. The highest BCUT2D eigenvalue weighted by molar-refractivity contribution is 5.31. The summed E-state index contributed by atoms with van der Waals surface area (Å²) in [7, 11) is 0. The third kappa shape index (κ3) is 2.25. The molecule has 2 aromatic rings. The van der Waals surface area contributed by atoms with Crippen molar-refractivity contribution in [2.45, 2.75) is 6.54 Å². The van der Waals surface area contributed by atoms with E-state index in [2.05, 4.69) is 5.10 Å². The first kappa shape index (κ1) is 10.4. The molecule has 0 aliphatic heterocycles. The number of nitrogens with two attached hydrogens (primary N) is 1. The van der Waals surface area contributed by atoms with Crippen LogP contribution in [-0.2, 0) is 6.54 Å². The molecule has 0 aliphatic rings. The van der Waals surface area contributed by atoms with Crippen LogP contribution in [0.25, 0.3) is 0 Å². The molecular weight excluding hydrogens is 209 g/mol. The zero-order valence-electron chi connectivity index (χ0n) is 8.43. The van der Waals surface area contributed by atoms with Crippen molar-refractivity contribution in [3.05, 3.63) is 58.3 Å². The van der Waals surface area contributed by atoms with Crippen LogP contribution in [0.15, 0.2) is 41.3 Å². The average molecular weight is 219 g/mol. The van der Waals surface area contributed by atoms with Crippen molar-refractivity contribution in [2.24, 2.45) is 0 Å². The Hall–Kier alpha value is -2.17. The number of hydrogen-bond acceptors (Lipinski definition) is 3. The third-order valence-corrected chi connectivity index (χ3v) is 2.14. The fourth-order valence-electron chi connectivity index (χ4n) is 1.33. The fraction of sp³-hybridized carbons (Fsp3) is 0.0909. The normalized spacial score (nSPS) is 10.3. The molecule has 1 aromatic carbocycles. The van der Waals surface area contributed by atoms with Crippen molar-refractivity contribution >= 4 is 5.69 Å². The summed E-state index contributed by atoms with van der Waals surface area (Å²) in [6, 6.07) is 7.21. The minimum absolute atomic E-state index is 0.274. The van der Waals surface area contributed by atoms with E-state index >= 15 is 0 Å². The molecule has 2 rings (SSSR count). The molecule has 0 bridgehead atoms. The van der Waals surface area contributed by atoms with Gasteiger partial charge in [-0.15, -0.1) is 0 Å². The van der Waals surface area contributed by atoms with Crippen LogP contribution in [0.5, 0.6) is 0 Å². The second-order valence-corrected chi connectivity index (χ2v) is 3.41. The van der Waals surface area contributed by atoms with E-state index in [1.54, 1.807) is 12.1 Å². The lowest BCUT2D eigenvalue weighted by atomic mass is 10.2. The van der Waals surface area contributed by atoms with Gasteiger partial charge >= 0.3 is 0 Å². The van der Waals surface area contributed by atoms with E-state index in [0.29, 0.717) is 12.2 Å². The molecule has 16 heavy (non-hydrogen) atoms. The van der Waals surface area contributed by atoms with Gasteiger partial charge in [-0.25, -0.2) is 9.07 Å². The van der Waals surface area contributed by atoms with Crippen molar-refractivity contribution in [3.63, 3.8) is 0 Å². The van der Waals surface area contributed by atoms with Crippen molar-refractivity contribution < 1.29 is 4.39 Å². The standard InChI is InChI=1S/C11H10FN3O/c12-9-3-1-8(2-4-9)7-15-11(16)5-10(13)6-14-15/h1-6H,7,13H2. The largest absolute Gasteiger partial charge is 0.397 e. The van der Waals surface area contributed by atoms with Gasteiger partial charge < -0.3 is 5.73 Å². The summed E-state index contributed by atoms with van der Waals surface area (Å²) in [6.45, 7) is 0.305. The van der Waals surface area contributed by atoms with E-state index in [9.17, 15) is 9.18 Å². The van der Waals surface area contributed by atoms with E-state index in [1.165, 1.54) is 29.1 Å². The van der Waals surface area contributed by atoms with Crippen molar-refractivity contribution in [3.8, 4) is 0 Å². The Morgan fingerprint density at radius 2 is 2.00 bits per heavy atom. The summed E-state index contributed by atoms with van der Waals surface area (Å²) in [6.07, 6.45) is 1.41. The molecule has 1 aromatic heterocycles. The van der Waals surface area contributed by atoms with Crippen LogP contribution in [0, 0.1) is 5.82 Å². The van der Waals surface area contributed by atoms with Gasteiger partial charge in [-0.1, -0.05) is 12.1 Å². The molecule has 2 N–H and O–H groups in total. The Bertz CT molecular complexity index is 548. The zero-order chi connectivity index (χ0) is 11.5. The maximum absolute atomic E-state index is 12.7. The molecule has 82 valence electrons. The number of benzene rings is 1. The molecule has 5 heteroatoms. The van der Waals surface area contributed by atoms with Crippen molar-refractivity contribution in [2.75, 3.05) is 5.73 Å². The van der Waals surface area contributed by atoms with Gasteiger partial charge in [0.2, 0.25) is 0 Å². The van der Waals surface area contributed by atoms with Crippen LogP contribution in [0.2, 0.25) is 0 Å². The summed E-state index contributed by atoms with van der Waals surface area (Å²) < 4.78 is 13.9. The Morgan fingerprint density at radius 3 is 2.62 bits per heavy atom. The van der Waals surface area contributed by atoms with E-state index < -0.39 is 0 Å². The highest BCUT2D eigenvalue weighted by atomic mass is 19.1. The number of nitrogen functional groups attached to an aromatic ring is 1. The van der Waals surface area contributed by atoms with Crippen molar-refractivity contribution in [1.82, 2.24) is 9.78 Å². The lowest BCUT2D eigenvalue weighted by molar-refractivity contribution is 0.619. The van der Waals surface area contributed by atoms with Gasteiger partial charge in [-0.3, -0.25) is 4.79 Å². The Morgan fingerprint density at radius 1 is 1.31 bits per heavy atom. The first-order chi connectivity index (χ1) is 7.65. The number of halogens is 1. The monoisotopic (exact) mass is 219 g/mol. The van der Waals surface area contributed by atoms with E-state index in [0.717, 1.165) is 5.56 Å². The molecule has 0 radical (unpaired) electrons. The van der Waals surface area contributed by atoms with Crippen LogP contribution < -0.4 is 11.3 Å². The minimum Gasteiger partial charge on any atom is -0.397 e. The lowest BCUT2D eigenvalue weighted by Crippen LogP contribution is -2.22. The maximum Gasteiger partial charge on any atom is 0.269 e. The summed E-state index contributed by atoms with van der Waals surface area (Å²) in [4.78, 5) is 11.5. The molecular formula is C11H10FN3O. The van der Waals surface area contributed by atoms with Gasteiger partial charge in [0.25, 0.3) is 5.56 Å². The van der Waals surface area contributed by atoms with Gasteiger partial charge in [0.15, 0.2) is 0 Å². The van der Waals surface area contributed by atoms with E-state index in [4.69, 9.17) is 5.73 Å². The molecule has 0 spiro atoms. The van der Waals surface area contributed by atoms with Gasteiger partial charge in [-0.2, -0.15) is 5.10 Å². The highest BCUT2D eigenvalue weighted by Crippen LogP contribution is 2.03. The number of hydrogen-bond donors (Lipinski definition) is 1. The number of nitrogens with zero attached hydrogens (tertiary/aromatic N) is 2. The van der Waals surface area contributed by atoms with Crippen LogP contribution in [0.1, 0.15) is 5.56 Å². The predicted octanol–water partition coefficient (Wildman–Crippen LogP) is 1.01. The van der Waals surface area contributed by atoms with Crippen LogP contribution in [-0.4, -0.2) is 9.78 Å².